The summed E-state index contributed by atoms with van der Waals surface area (Å²) in [5, 5.41) is 14.7. The Morgan fingerprint density at radius 3 is 2.50 bits per heavy atom. The van der Waals surface area contributed by atoms with E-state index in [0.29, 0.717) is 6.04 Å². The number of nitrogens with one attached hydrogen (secondary N) is 1. The van der Waals surface area contributed by atoms with Crippen LogP contribution in [0.5, 0.6) is 0 Å². The van der Waals surface area contributed by atoms with Crippen molar-refractivity contribution >= 4 is 0 Å². The molecule has 1 spiro atoms. The van der Waals surface area contributed by atoms with Crippen LogP contribution in [0.4, 0.5) is 0 Å². The zero-order valence-electron chi connectivity index (χ0n) is 16.2. The average Bonchev–Trinajstić information content (AvgIpc) is 3.04. The van der Waals surface area contributed by atoms with Crippen molar-refractivity contribution < 1.29 is 14.6 Å². The molecule has 4 heteroatoms. The van der Waals surface area contributed by atoms with E-state index < -0.39 is 11.4 Å². The molecule has 0 aromatic heterocycles. The summed E-state index contributed by atoms with van der Waals surface area (Å²) in [6.07, 6.45) is 6.24. The number of benzene rings is 1. The fourth-order valence-corrected chi connectivity index (χ4v) is 4.62. The van der Waals surface area contributed by atoms with E-state index in [2.05, 4.69) is 43.4 Å². The summed E-state index contributed by atoms with van der Waals surface area (Å²) in [6, 6.07) is 9.16. The van der Waals surface area contributed by atoms with Gasteiger partial charge in [0.25, 0.3) is 0 Å². The summed E-state index contributed by atoms with van der Waals surface area (Å²) in [4.78, 5) is 0. The van der Waals surface area contributed by atoms with Crippen LogP contribution in [0.25, 0.3) is 0 Å². The van der Waals surface area contributed by atoms with Crippen LogP contribution in [0.1, 0.15) is 69.5 Å². The van der Waals surface area contributed by atoms with E-state index in [1.165, 1.54) is 17.5 Å². The molecule has 1 aromatic carbocycles. The van der Waals surface area contributed by atoms with Crippen molar-refractivity contribution in [2.75, 3.05) is 19.8 Å². The zero-order valence-corrected chi connectivity index (χ0v) is 16.2. The lowest BCUT2D eigenvalue weighted by Gasteiger charge is -2.48. The molecule has 0 radical (unpaired) electrons. The Kier molecular flexibility index (Phi) is 4.89. The smallest absolute Gasteiger partial charge is 0.168 e. The average molecular weight is 360 g/mol. The molecular weight excluding hydrogens is 326 g/mol. The van der Waals surface area contributed by atoms with E-state index >= 15 is 0 Å². The van der Waals surface area contributed by atoms with Crippen molar-refractivity contribution in [2.24, 2.45) is 5.41 Å². The number of rotatable bonds is 4. The highest BCUT2D eigenvalue weighted by Crippen LogP contribution is 2.43. The van der Waals surface area contributed by atoms with E-state index in [-0.39, 0.29) is 5.41 Å². The molecule has 1 saturated heterocycles. The van der Waals surface area contributed by atoms with Crippen LogP contribution in [0, 0.1) is 5.41 Å². The second kappa shape index (κ2) is 6.90. The zero-order chi connectivity index (χ0) is 18.3. The maximum Gasteiger partial charge on any atom is 0.168 e. The van der Waals surface area contributed by atoms with Crippen LogP contribution in [0.3, 0.4) is 0 Å². The topological polar surface area (TPSA) is 50.7 Å². The van der Waals surface area contributed by atoms with E-state index in [9.17, 15) is 5.11 Å². The molecule has 2 aliphatic carbocycles. The standard InChI is InChI=1S/C22H33NO3/c1-20(2)15-25-22(26-16-20)11-9-21(24,10-12-22)13-14-23-19-8-7-17-5-3-4-6-18(17)19/h3-6,19,23-24H,7-16H2,1-2H3/t19-/m0/s1. The summed E-state index contributed by atoms with van der Waals surface area (Å²) in [6.45, 7) is 6.69. The van der Waals surface area contributed by atoms with Gasteiger partial charge >= 0.3 is 0 Å². The van der Waals surface area contributed by atoms with Gasteiger partial charge in [-0.1, -0.05) is 38.1 Å². The van der Waals surface area contributed by atoms with Gasteiger partial charge in [0.05, 0.1) is 18.8 Å². The fraction of sp³-hybridized carbons (Fsp3) is 0.727. The molecule has 144 valence electrons. The molecule has 2 fully saturated rings. The van der Waals surface area contributed by atoms with E-state index in [4.69, 9.17) is 9.47 Å². The van der Waals surface area contributed by atoms with Crippen LogP contribution < -0.4 is 5.32 Å². The summed E-state index contributed by atoms with van der Waals surface area (Å²) >= 11 is 0. The molecule has 1 aromatic rings. The first-order chi connectivity index (χ1) is 12.4. The Morgan fingerprint density at radius 1 is 1.08 bits per heavy atom. The molecule has 1 saturated carbocycles. The van der Waals surface area contributed by atoms with Gasteiger partial charge in [-0.25, -0.2) is 0 Å². The van der Waals surface area contributed by atoms with Crippen molar-refractivity contribution in [3.63, 3.8) is 0 Å². The number of fused-ring (bicyclic) bond motifs is 1. The number of ether oxygens (including phenoxy) is 2. The van der Waals surface area contributed by atoms with Gasteiger partial charge in [-0.15, -0.1) is 0 Å². The minimum Gasteiger partial charge on any atom is -0.390 e. The lowest BCUT2D eigenvalue weighted by atomic mass is 9.78. The Labute approximate surface area is 157 Å². The van der Waals surface area contributed by atoms with Crippen molar-refractivity contribution in [3.05, 3.63) is 35.4 Å². The third-order valence-electron chi connectivity index (χ3n) is 6.51. The molecule has 4 nitrogen and oxygen atoms in total. The molecule has 26 heavy (non-hydrogen) atoms. The Hall–Kier alpha value is -0.940. The van der Waals surface area contributed by atoms with Gasteiger partial charge in [0.1, 0.15) is 0 Å². The van der Waals surface area contributed by atoms with E-state index in [0.717, 1.165) is 58.3 Å². The Balaban J connectivity index is 1.25. The van der Waals surface area contributed by atoms with Crippen molar-refractivity contribution in [1.82, 2.24) is 5.32 Å². The maximum atomic E-state index is 11.0. The minimum atomic E-state index is -0.587. The highest BCUT2D eigenvalue weighted by molar-refractivity contribution is 5.34. The highest BCUT2D eigenvalue weighted by atomic mass is 16.7. The number of aryl methyl sites for hydroxylation is 1. The molecular formula is C22H33NO3. The molecule has 1 aliphatic heterocycles. The fourth-order valence-electron chi connectivity index (χ4n) is 4.62. The molecule has 4 rings (SSSR count). The minimum absolute atomic E-state index is 0.0977. The first-order valence-electron chi connectivity index (χ1n) is 10.2. The van der Waals surface area contributed by atoms with Crippen LogP contribution in [-0.2, 0) is 15.9 Å². The molecule has 0 amide bonds. The molecule has 2 N–H and O–H groups in total. The van der Waals surface area contributed by atoms with Crippen molar-refractivity contribution in [2.45, 2.75) is 76.2 Å². The van der Waals surface area contributed by atoms with Crippen molar-refractivity contribution in [3.8, 4) is 0 Å². The summed E-state index contributed by atoms with van der Waals surface area (Å²) < 4.78 is 12.2. The first kappa shape index (κ1) is 18.4. The number of aliphatic hydroxyl groups is 1. The summed E-state index contributed by atoms with van der Waals surface area (Å²) in [5.41, 5.74) is 2.42. The van der Waals surface area contributed by atoms with Gasteiger partial charge in [-0.05, 0) is 49.8 Å². The number of hydrogen-bond donors (Lipinski definition) is 2. The second-order valence-corrected chi connectivity index (χ2v) is 9.37. The molecule has 3 aliphatic rings. The largest absolute Gasteiger partial charge is 0.390 e. The summed E-state index contributed by atoms with van der Waals surface area (Å²) in [5.74, 6) is -0.445. The number of hydrogen-bond acceptors (Lipinski definition) is 4. The lowest BCUT2D eigenvalue weighted by Crippen LogP contribution is -2.52. The van der Waals surface area contributed by atoms with Gasteiger partial charge in [0, 0.05) is 24.3 Å². The second-order valence-electron chi connectivity index (χ2n) is 9.37. The van der Waals surface area contributed by atoms with Crippen LogP contribution in [0.15, 0.2) is 24.3 Å². The normalized spacial score (nSPS) is 28.8. The first-order valence-corrected chi connectivity index (χ1v) is 10.2. The predicted molar refractivity (Wildman–Crippen MR) is 102 cm³/mol. The van der Waals surface area contributed by atoms with Crippen LogP contribution in [0.2, 0.25) is 0 Å². The monoisotopic (exact) mass is 359 g/mol. The highest BCUT2D eigenvalue weighted by Gasteiger charge is 2.46. The third-order valence-corrected chi connectivity index (χ3v) is 6.51. The molecule has 1 atom stereocenters. The third kappa shape index (κ3) is 3.84. The van der Waals surface area contributed by atoms with E-state index in [1.54, 1.807) is 0 Å². The van der Waals surface area contributed by atoms with Gasteiger partial charge < -0.3 is 19.9 Å². The SMILES string of the molecule is CC1(C)COC2(CCC(O)(CCN[C@H]3CCc4ccccc43)CC2)OC1. The van der Waals surface area contributed by atoms with Gasteiger partial charge in [-0.3, -0.25) is 0 Å². The van der Waals surface area contributed by atoms with Crippen LogP contribution in [-0.4, -0.2) is 36.3 Å². The summed E-state index contributed by atoms with van der Waals surface area (Å²) in [7, 11) is 0. The molecule has 1 heterocycles. The van der Waals surface area contributed by atoms with E-state index in [1.807, 2.05) is 0 Å². The molecule has 0 unspecified atom stereocenters. The quantitative estimate of drug-likeness (QED) is 0.860. The Morgan fingerprint density at radius 2 is 1.77 bits per heavy atom. The predicted octanol–water partition coefficient (Wildman–Crippen LogP) is 3.73. The molecule has 0 bridgehead atoms. The maximum absolute atomic E-state index is 11.0. The van der Waals surface area contributed by atoms with Gasteiger partial charge in [0.2, 0.25) is 0 Å². The van der Waals surface area contributed by atoms with Crippen LogP contribution >= 0.6 is 0 Å². The van der Waals surface area contributed by atoms with Gasteiger partial charge in [-0.2, -0.15) is 0 Å². The van der Waals surface area contributed by atoms with Gasteiger partial charge in [0.15, 0.2) is 5.79 Å². The Bertz CT molecular complexity index is 622. The lowest BCUT2D eigenvalue weighted by molar-refractivity contribution is -0.319. The van der Waals surface area contributed by atoms with Crippen molar-refractivity contribution in [1.29, 1.82) is 0 Å².